The van der Waals surface area contributed by atoms with Crippen LogP contribution in [-0.4, -0.2) is 31.3 Å². The molecule has 0 aromatic carbocycles. The summed E-state index contributed by atoms with van der Waals surface area (Å²) in [5.41, 5.74) is 5.31. The van der Waals surface area contributed by atoms with Crippen molar-refractivity contribution in [2.45, 2.75) is 39.4 Å². The molecular weight excluding hydrogens is 168 g/mol. The lowest BCUT2D eigenvalue weighted by Gasteiger charge is -2.15. The Kier molecular flexibility index (Phi) is 6.54. The maximum absolute atomic E-state index is 7.18. The van der Waals surface area contributed by atoms with Crippen molar-refractivity contribution >= 4 is 5.84 Å². The molecule has 0 aliphatic carbocycles. The van der Waals surface area contributed by atoms with Crippen molar-refractivity contribution in [3.05, 3.63) is 0 Å². The molecule has 0 bridgehead atoms. The van der Waals surface area contributed by atoms with Crippen molar-refractivity contribution in [2.24, 2.45) is 5.73 Å². The third-order valence-electron chi connectivity index (χ3n) is 1.57. The zero-order valence-corrected chi connectivity index (χ0v) is 8.67. The highest BCUT2D eigenvalue weighted by Crippen LogP contribution is 1.97. The summed E-state index contributed by atoms with van der Waals surface area (Å²) in [4.78, 5) is 0. The molecule has 4 nitrogen and oxygen atoms in total. The largest absolute Gasteiger partial charge is 0.385 e. The molecule has 1 atom stereocenters. The minimum absolute atomic E-state index is 0.0899. The normalized spacial score (nSPS) is 13.2. The molecule has 0 spiro atoms. The first-order chi connectivity index (χ1) is 6.07. The number of rotatable bonds is 7. The molecule has 4 heteroatoms. The molecule has 0 rings (SSSR count). The van der Waals surface area contributed by atoms with Gasteiger partial charge in [0.2, 0.25) is 0 Å². The first kappa shape index (κ1) is 12.4. The summed E-state index contributed by atoms with van der Waals surface area (Å²) in [5, 5.41) is 7.18. The molecule has 0 amide bonds. The standard InChI is InChI=1S/C9H20N2O2/c1-4-8(9(10)11)13-6-5-12-7(2)3/h7-8H,4-6H2,1-3H3,(H3,10,11). The van der Waals surface area contributed by atoms with Crippen LogP contribution in [0.1, 0.15) is 27.2 Å². The fourth-order valence-corrected chi connectivity index (χ4v) is 0.902. The summed E-state index contributed by atoms with van der Waals surface area (Å²) >= 11 is 0. The molecule has 0 aromatic rings. The van der Waals surface area contributed by atoms with E-state index in [2.05, 4.69) is 0 Å². The van der Waals surface area contributed by atoms with Gasteiger partial charge in [0, 0.05) is 0 Å². The monoisotopic (exact) mass is 188 g/mol. The van der Waals surface area contributed by atoms with Crippen molar-refractivity contribution in [2.75, 3.05) is 13.2 Å². The molecule has 0 radical (unpaired) electrons. The average Bonchev–Trinajstić information content (AvgIpc) is 2.03. The van der Waals surface area contributed by atoms with Gasteiger partial charge in [-0.1, -0.05) is 6.92 Å². The Morgan fingerprint density at radius 3 is 2.23 bits per heavy atom. The van der Waals surface area contributed by atoms with E-state index in [1.807, 2.05) is 20.8 Å². The lowest BCUT2D eigenvalue weighted by molar-refractivity contribution is 0.00558. The first-order valence-electron chi connectivity index (χ1n) is 4.65. The van der Waals surface area contributed by atoms with Crippen LogP contribution in [0.2, 0.25) is 0 Å². The molecule has 0 aliphatic rings. The zero-order valence-electron chi connectivity index (χ0n) is 8.67. The summed E-state index contributed by atoms with van der Waals surface area (Å²) in [6, 6.07) is 0. The van der Waals surface area contributed by atoms with Gasteiger partial charge in [-0.2, -0.15) is 0 Å². The van der Waals surface area contributed by atoms with Crippen LogP contribution in [0.5, 0.6) is 0 Å². The van der Waals surface area contributed by atoms with Gasteiger partial charge in [-0.05, 0) is 20.3 Å². The minimum Gasteiger partial charge on any atom is -0.385 e. The summed E-state index contributed by atoms with van der Waals surface area (Å²) < 4.78 is 10.6. The van der Waals surface area contributed by atoms with Crippen molar-refractivity contribution in [3.8, 4) is 0 Å². The topological polar surface area (TPSA) is 68.3 Å². The molecule has 0 heterocycles. The number of amidine groups is 1. The number of ether oxygens (including phenoxy) is 2. The average molecular weight is 188 g/mol. The fourth-order valence-electron chi connectivity index (χ4n) is 0.902. The van der Waals surface area contributed by atoms with Gasteiger partial charge in [0.1, 0.15) is 11.9 Å². The molecule has 0 saturated heterocycles. The van der Waals surface area contributed by atoms with Crippen LogP contribution in [0, 0.1) is 5.41 Å². The van der Waals surface area contributed by atoms with E-state index >= 15 is 0 Å². The molecule has 0 aromatic heterocycles. The zero-order chi connectivity index (χ0) is 10.3. The highest BCUT2D eigenvalue weighted by Gasteiger charge is 2.08. The Morgan fingerprint density at radius 1 is 1.31 bits per heavy atom. The Bertz CT molecular complexity index is 149. The summed E-state index contributed by atoms with van der Waals surface area (Å²) in [6.07, 6.45) is 0.702. The van der Waals surface area contributed by atoms with Crippen LogP contribution in [0.25, 0.3) is 0 Å². The van der Waals surface area contributed by atoms with Crippen LogP contribution < -0.4 is 5.73 Å². The Morgan fingerprint density at radius 2 is 1.85 bits per heavy atom. The molecule has 3 N–H and O–H groups in total. The number of hydrogen-bond donors (Lipinski definition) is 2. The highest BCUT2D eigenvalue weighted by atomic mass is 16.5. The second-order valence-electron chi connectivity index (χ2n) is 3.14. The second kappa shape index (κ2) is 6.86. The van der Waals surface area contributed by atoms with E-state index in [0.29, 0.717) is 13.2 Å². The second-order valence-corrected chi connectivity index (χ2v) is 3.14. The number of nitrogens with two attached hydrogens (primary N) is 1. The third kappa shape index (κ3) is 6.54. The lowest BCUT2D eigenvalue weighted by Crippen LogP contribution is -2.31. The van der Waals surface area contributed by atoms with Crippen molar-refractivity contribution in [3.63, 3.8) is 0 Å². The molecule has 0 fully saturated rings. The van der Waals surface area contributed by atoms with Crippen LogP contribution in [0.3, 0.4) is 0 Å². The quantitative estimate of drug-likeness (QED) is 0.357. The smallest absolute Gasteiger partial charge is 0.120 e. The van der Waals surface area contributed by atoms with E-state index in [4.69, 9.17) is 20.6 Å². The van der Waals surface area contributed by atoms with Gasteiger partial charge in [-0.25, -0.2) is 0 Å². The molecule has 78 valence electrons. The van der Waals surface area contributed by atoms with E-state index in [0.717, 1.165) is 6.42 Å². The van der Waals surface area contributed by atoms with Crippen LogP contribution in [0.4, 0.5) is 0 Å². The molecule has 0 saturated carbocycles. The summed E-state index contributed by atoms with van der Waals surface area (Å²) in [6.45, 7) is 6.94. The van der Waals surface area contributed by atoms with Gasteiger partial charge in [0.05, 0.1) is 19.3 Å². The highest BCUT2D eigenvalue weighted by molar-refractivity contribution is 5.81. The minimum atomic E-state index is -0.254. The number of hydrogen-bond acceptors (Lipinski definition) is 3. The van der Waals surface area contributed by atoms with Crippen molar-refractivity contribution in [1.29, 1.82) is 5.41 Å². The van der Waals surface area contributed by atoms with E-state index in [9.17, 15) is 0 Å². The maximum Gasteiger partial charge on any atom is 0.120 e. The molecule has 0 aliphatic heterocycles. The Balaban J connectivity index is 3.44. The van der Waals surface area contributed by atoms with E-state index in [1.165, 1.54) is 0 Å². The van der Waals surface area contributed by atoms with Gasteiger partial charge in [-0.3, -0.25) is 5.41 Å². The van der Waals surface area contributed by atoms with E-state index in [1.54, 1.807) is 0 Å². The molecule has 13 heavy (non-hydrogen) atoms. The Labute approximate surface area is 79.9 Å². The summed E-state index contributed by atoms with van der Waals surface area (Å²) in [5.74, 6) is 0.0899. The van der Waals surface area contributed by atoms with Crippen LogP contribution in [-0.2, 0) is 9.47 Å². The first-order valence-corrected chi connectivity index (χ1v) is 4.65. The van der Waals surface area contributed by atoms with Crippen LogP contribution in [0.15, 0.2) is 0 Å². The molecule has 1 unspecified atom stereocenters. The van der Waals surface area contributed by atoms with Gasteiger partial charge in [-0.15, -0.1) is 0 Å². The molecular formula is C9H20N2O2. The third-order valence-corrected chi connectivity index (χ3v) is 1.57. The van der Waals surface area contributed by atoms with Gasteiger partial charge >= 0.3 is 0 Å². The maximum atomic E-state index is 7.18. The van der Waals surface area contributed by atoms with Gasteiger partial charge < -0.3 is 15.2 Å². The predicted octanol–water partition coefficient (Wildman–Crippen LogP) is 1.14. The summed E-state index contributed by atoms with van der Waals surface area (Å²) in [7, 11) is 0. The van der Waals surface area contributed by atoms with Gasteiger partial charge in [0.25, 0.3) is 0 Å². The lowest BCUT2D eigenvalue weighted by atomic mass is 10.2. The number of nitrogens with one attached hydrogen (secondary N) is 1. The van der Waals surface area contributed by atoms with Crippen molar-refractivity contribution in [1.82, 2.24) is 0 Å². The van der Waals surface area contributed by atoms with Crippen LogP contribution >= 0.6 is 0 Å². The SMILES string of the molecule is CCC(OCCOC(C)C)C(=N)N. The van der Waals surface area contributed by atoms with E-state index < -0.39 is 0 Å². The Hall–Kier alpha value is -0.610. The van der Waals surface area contributed by atoms with Crippen molar-refractivity contribution < 1.29 is 9.47 Å². The predicted molar refractivity (Wildman–Crippen MR) is 53.0 cm³/mol. The fraction of sp³-hybridized carbons (Fsp3) is 0.889. The van der Waals surface area contributed by atoms with E-state index in [-0.39, 0.29) is 18.0 Å². The van der Waals surface area contributed by atoms with Gasteiger partial charge in [0.15, 0.2) is 0 Å².